The maximum Gasteiger partial charge on any atom is 0.125 e. The topological polar surface area (TPSA) is 51.0 Å². The largest absolute Gasteiger partial charge is 0.468 e. The number of furan rings is 1. The van der Waals surface area contributed by atoms with Crippen molar-refractivity contribution in [3.8, 4) is 0 Å². The lowest BCUT2D eigenvalue weighted by atomic mass is 10.3. The first-order valence-corrected chi connectivity index (χ1v) is 5.28. The first-order valence-electron chi connectivity index (χ1n) is 5.28. The van der Waals surface area contributed by atoms with Crippen molar-refractivity contribution in [1.82, 2.24) is 15.3 Å². The first kappa shape index (κ1) is 10.8. The summed E-state index contributed by atoms with van der Waals surface area (Å²) in [4.78, 5) is 8.36. The number of aromatic nitrogens is 2. The summed E-state index contributed by atoms with van der Waals surface area (Å²) in [5.41, 5.74) is 2.17. The maximum atomic E-state index is 5.33. The molecule has 0 saturated carbocycles. The van der Waals surface area contributed by atoms with Crippen molar-refractivity contribution in [1.29, 1.82) is 0 Å². The van der Waals surface area contributed by atoms with E-state index in [1.54, 1.807) is 12.5 Å². The second kappa shape index (κ2) is 4.90. The molecule has 0 bridgehead atoms. The average Bonchev–Trinajstić information content (AvgIpc) is 2.65. The van der Waals surface area contributed by atoms with Crippen LogP contribution in [0.3, 0.4) is 0 Å². The van der Waals surface area contributed by atoms with Crippen molar-refractivity contribution in [3.63, 3.8) is 0 Å². The van der Waals surface area contributed by atoms with Gasteiger partial charge in [-0.15, -0.1) is 0 Å². The molecule has 0 atom stereocenters. The van der Waals surface area contributed by atoms with Gasteiger partial charge in [-0.2, -0.15) is 0 Å². The van der Waals surface area contributed by atoms with Crippen molar-refractivity contribution < 1.29 is 4.42 Å². The molecule has 2 aromatic rings. The quantitative estimate of drug-likeness (QED) is 0.850. The van der Waals surface area contributed by atoms with Gasteiger partial charge >= 0.3 is 0 Å². The van der Waals surface area contributed by atoms with E-state index in [0.29, 0.717) is 0 Å². The van der Waals surface area contributed by atoms with Crippen molar-refractivity contribution in [2.75, 3.05) is 0 Å². The zero-order valence-electron chi connectivity index (χ0n) is 9.53. The predicted molar refractivity (Wildman–Crippen MR) is 60.8 cm³/mol. The summed E-state index contributed by atoms with van der Waals surface area (Å²) in [5.74, 6) is 1.78. The van der Waals surface area contributed by atoms with Crippen LogP contribution in [0.15, 0.2) is 29.0 Å². The molecule has 2 heterocycles. The summed E-state index contributed by atoms with van der Waals surface area (Å²) in [6.07, 6.45) is 3.48. The number of hydrogen-bond acceptors (Lipinski definition) is 4. The van der Waals surface area contributed by atoms with E-state index in [0.717, 1.165) is 30.4 Å². The Morgan fingerprint density at radius 3 is 2.81 bits per heavy atom. The van der Waals surface area contributed by atoms with E-state index in [9.17, 15) is 0 Å². The Bertz CT molecular complexity index is 465. The maximum absolute atomic E-state index is 5.33. The van der Waals surface area contributed by atoms with Crippen LogP contribution in [-0.2, 0) is 13.1 Å². The third-order valence-corrected chi connectivity index (χ3v) is 2.39. The zero-order chi connectivity index (χ0) is 11.4. The van der Waals surface area contributed by atoms with Crippen LogP contribution in [0.25, 0.3) is 0 Å². The fraction of sp³-hybridized carbons (Fsp3) is 0.333. The van der Waals surface area contributed by atoms with Crippen molar-refractivity contribution in [3.05, 3.63) is 47.4 Å². The lowest BCUT2D eigenvalue weighted by Gasteiger charge is -2.03. The van der Waals surface area contributed by atoms with E-state index in [-0.39, 0.29) is 0 Å². The number of nitrogens with one attached hydrogen (secondary N) is 1. The lowest BCUT2D eigenvalue weighted by Crippen LogP contribution is -2.14. The highest BCUT2D eigenvalue weighted by Gasteiger charge is 2.01. The Hall–Kier alpha value is -1.68. The fourth-order valence-electron chi connectivity index (χ4n) is 1.49. The van der Waals surface area contributed by atoms with E-state index < -0.39 is 0 Å². The van der Waals surface area contributed by atoms with Crippen molar-refractivity contribution in [2.45, 2.75) is 26.9 Å². The summed E-state index contributed by atoms with van der Waals surface area (Å²) in [7, 11) is 0. The molecule has 0 unspecified atom stereocenters. The first-order chi connectivity index (χ1) is 7.75. The molecule has 0 aromatic carbocycles. The Morgan fingerprint density at radius 1 is 1.25 bits per heavy atom. The number of nitrogens with zero attached hydrogens (tertiary/aromatic N) is 2. The van der Waals surface area contributed by atoms with Crippen LogP contribution < -0.4 is 5.32 Å². The predicted octanol–water partition coefficient (Wildman–Crippen LogP) is 1.98. The van der Waals surface area contributed by atoms with Crippen molar-refractivity contribution in [2.24, 2.45) is 0 Å². The van der Waals surface area contributed by atoms with E-state index in [4.69, 9.17) is 4.42 Å². The standard InChI is InChI=1S/C12H15N3O/c1-9-4-6-16-12(9)8-13-7-11-3-5-14-10(2)15-11/h3-6,13H,7-8H2,1-2H3. The van der Waals surface area contributed by atoms with Crippen LogP contribution in [0, 0.1) is 13.8 Å². The lowest BCUT2D eigenvalue weighted by molar-refractivity contribution is 0.479. The van der Waals surface area contributed by atoms with Crippen LogP contribution >= 0.6 is 0 Å². The molecule has 16 heavy (non-hydrogen) atoms. The number of hydrogen-bond donors (Lipinski definition) is 1. The van der Waals surface area contributed by atoms with E-state index in [1.807, 2.05) is 26.0 Å². The third kappa shape index (κ3) is 2.67. The Labute approximate surface area is 94.7 Å². The van der Waals surface area contributed by atoms with Gasteiger partial charge in [-0.1, -0.05) is 0 Å². The van der Waals surface area contributed by atoms with Gasteiger partial charge in [0.1, 0.15) is 11.6 Å². The molecule has 0 aliphatic heterocycles. The SMILES string of the molecule is Cc1nccc(CNCc2occc2C)n1. The summed E-state index contributed by atoms with van der Waals surface area (Å²) < 4.78 is 5.33. The fourth-order valence-corrected chi connectivity index (χ4v) is 1.49. The molecular weight excluding hydrogens is 202 g/mol. The second-order valence-electron chi connectivity index (χ2n) is 3.73. The molecule has 2 aromatic heterocycles. The summed E-state index contributed by atoms with van der Waals surface area (Å²) >= 11 is 0. The highest BCUT2D eigenvalue weighted by Crippen LogP contribution is 2.08. The third-order valence-electron chi connectivity index (χ3n) is 2.39. The molecule has 4 nitrogen and oxygen atoms in total. The monoisotopic (exact) mass is 217 g/mol. The van der Waals surface area contributed by atoms with Crippen LogP contribution in [0.5, 0.6) is 0 Å². The Balaban J connectivity index is 1.87. The van der Waals surface area contributed by atoms with Crippen LogP contribution in [-0.4, -0.2) is 9.97 Å². The molecule has 2 rings (SSSR count). The summed E-state index contributed by atoms with van der Waals surface area (Å²) in [6, 6.07) is 3.88. The van der Waals surface area contributed by atoms with Crippen LogP contribution in [0.2, 0.25) is 0 Å². The molecule has 0 fully saturated rings. The molecule has 1 N–H and O–H groups in total. The van der Waals surface area contributed by atoms with Gasteiger partial charge in [0.05, 0.1) is 18.5 Å². The van der Waals surface area contributed by atoms with Gasteiger partial charge in [-0.25, -0.2) is 9.97 Å². The van der Waals surface area contributed by atoms with Gasteiger partial charge < -0.3 is 9.73 Å². The summed E-state index contributed by atoms with van der Waals surface area (Å²) in [5, 5.41) is 3.29. The molecule has 0 saturated heterocycles. The Kier molecular flexibility index (Phi) is 3.31. The minimum Gasteiger partial charge on any atom is -0.468 e. The average molecular weight is 217 g/mol. The molecule has 4 heteroatoms. The van der Waals surface area contributed by atoms with Crippen LogP contribution in [0.1, 0.15) is 22.8 Å². The molecular formula is C12H15N3O. The van der Waals surface area contributed by atoms with Crippen LogP contribution in [0.4, 0.5) is 0 Å². The number of rotatable bonds is 4. The van der Waals surface area contributed by atoms with Gasteiger partial charge in [-0.3, -0.25) is 0 Å². The second-order valence-corrected chi connectivity index (χ2v) is 3.73. The number of aryl methyl sites for hydroxylation is 2. The van der Waals surface area contributed by atoms with Crippen molar-refractivity contribution >= 4 is 0 Å². The van der Waals surface area contributed by atoms with E-state index >= 15 is 0 Å². The van der Waals surface area contributed by atoms with E-state index in [1.165, 1.54) is 5.56 Å². The summed E-state index contributed by atoms with van der Waals surface area (Å²) in [6.45, 7) is 5.38. The minimum absolute atomic E-state index is 0.724. The Morgan fingerprint density at radius 2 is 2.12 bits per heavy atom. The highest BCUT2D eigenvalue weighted by atomic mass is 16.3. The van der Waals surface area contributed by atoms with E-state index in [2.05, 4.69) is 15.3 Å². The van der Waals surface area contributed by atoms with Gasteiger partial charge in [0.2, 0.25) is 0 Å². The smallest absolute Gasteiger partial charge is 0.125 e. The van der Waals surface area contributed by atoms with Gasteiger partial charge in [0, 0.05) is 12.7 Å². The molecule has 0 spiro atoms. The molecule has 0 radical (unpaired) electrons. The molecule has 0 aliphatic carbocycles. The normalized spacial score (nSPS) is 10.6. The van der Waals surface area contributed by atoms with Gasteiger partial charge in [-0.05, 0) is 31.5 Å². The molecule has 0 amide bonds. The van der Waals surface area contributed by atoms with Gasteiger partial charge in [0.15, 0.2) is 0 Å². The zero-order valence-corrected chi connectivity index (χ0v) is 9.53. The minimum atomic E-state index is 0.724. The molecule has 0 aliphatic rings. The van der Waals surface area contributed by atoms with Gasteiger partial charge in [0.25, 0.3) is 0 Å². The highest BCUT2D eigenvalue weighted by molar-refractivity contribution is 5.14. The molecule has 84 valence electrons.